The van der Waals surface area contributed by atoms with Crippen LogP contribution in [0.5, 0.6) is 0 Å². The SMILES string of the molecule is CC(C)NCCN1CCCC(C)C1C. The first-order valence-corrected chi connectivity index (χ1v) is 6.08. The molecule has 0 amide bonds. The van der Waals surface area contributed by atoms with Gasteiger partial charge in [-0.15, -0.1) is 0 Å². The Hall–Kier alpha value is -0.0800. The summed E-state index contributed by atoms with van der Waals surface area (Å²) in [7, 11) is 0. The first-order chi connectivity index (χ1) is 6.61. The van der Waals surface area contributed by atoms with E-state index < -0.39 is 0 Å². The van der Waals surface area contributed by atoms with Crippen LogP contribution in [0, 0.1) is 5.92 Å². The number of likely N-dealkylation sites (tertiary alicyclic amines) is 1. The highest BCUT2D eigenvalue weighted by Crippen LogP contribution is 2.21. The van der Waals surface area contributed by atoms with Crippen molar-refractivity contribution in [2.24, 2.45) is 5.92 Å². The van der Waals surface area contributed by atoms with Gasteiger partial charge in [-0.2, -0.15) is 0 Å². The van der Waals surface area contributed by atoms with E-state index in [9.17, 15) is 0 Å². The molecule has 1 saturated heterocycles. The molecule has 0 aromatic rings. The number of piperidine rings is 1. The smallest absolute Gasteiger partial charge is 0.0110 e. The highest BCUT2D eigenvalue weighted by atomic mass is 15.2. The predicted molar refractivity (Wildman–Crippen MR) is 62.6 cm³/mol. The van der Waals surface area contributed by atoms with Gasteiger partial charge in [0.1, 0.15) is 0 Å². The van der Waals surface area contributed by atoms with Crippen LogP contribution < -0.4 is 5.32 Å². The lowest BCUT2D eigenvalue weighted by Crippen LogP contribution is -2.45. The Kier molecular flexibility index (Phi) is 4.90. The van der Waals surface area contributed by atoms with Gasteiger partial charge < -0.3 is 5.32 Å². The molecule has 0 radical (unpaired) electrons. The van der Waals surface area contributed by atoms with Crippen LogP contribution in [0.1, 0.15) is 40.5 Å². The topological polar surface area (TPSA) is 15.3 Å². The first kappa shape index (κ1) is 12.0. The Morgan fingerprint density at radius 1 is 1.36 bits per heavy atom. The summed E-state index contributed by atoms with van der Waals surface area (Å²) < 4.78 is 0. The van der Waals surface area contributed by atoms with E-state index in [2.05, 4.69) is 37.9 Å². The van der Waals surface area contributed by atoms with E-state index in [1.165, 1.54) is 25.9 Å². The zero-order valence-corrected chi connectivity index (χ0v) is 10.2. The largest absolute Gasteiger partial charge is 0.313 e. The van der Waals surface area contributed by atoms with Gasteiger partial charge in [-0.3, -0.25) is 4.90 Å². The highest BCUT2D eigenvalue weighted by molar-refractivity contribution is 4.78. The van der Waals surface area contributed by atoms with E-state index in [4.69, 9.17) is 0 Å². The number of rotatable bonds is 4. The Balaban J connectivity index is 2.22. The Morgan fingerprint density at radius 3 is 2.71 bits per heavy atom. The normalized spacial score (nSPS) is 29.8. The number of nitrogens with one attached hydrogen (secondary N) is 1. The van der Waals surface area contributed by atoms with E-state index in [1.807, 2.05) is 0 Å². The van der Waals surface area contributed by atoms with Crippen LogP contribution in [0.3, 0.4) is 0 Å². The van der Waals surface area contributed by atoms with Gasteiger partial charge in [-0.05, 0) is 32.2 Å². The average Bonchev–Trinajstić information content (AvgIpc) is 2.12. The maximum absolute atomic E-state index is 3.49. The van der Waals surface area contributed by atoms with E-state index in [0.717, 1.165) is 18.5 Å². The van der Waals surface area contributed by atoms with Gasteiger partial charge in [0.25, 0.3) is 0 Å². The monoisotopic (exact) mass is 198 g/mol. The molecule has 0 bridgehead atoms. The summed E-state index contributed by atoms with van der Waals surface area (Å²) in [5, 5.41) is 3.49. The van der Waals surface area contributed by atoms with Crippen molar-refractivity contribution >= 4 is 0 Å². The van der Waals surface area contributed by atoms with Crippen molar-refractivity contribution in [1.29, 1.82) is 0 Å². The van der Waals surface area contributed by atoms with Crippen molar-refractivity contribution in [2.75, 3.05) is 19.6 Å². The van der Waals surface area contributed by atoms with Crippen molar-refractivity contribution in [2.45, 2.75) is 52.6 Å². The third-order valence-corrected chi connectivity index (χ3v) is 3.46. The lowest BCUT2D eigenvalue weighted by atomic mass is 9.92. The highest BCUT2D eigenvalue weighted by Gasteiger charge is 2.23. The standard InChI is InChI=1S/C12H26N2/c1-10(2)13-7-9-14-8-5-6-11(3)12(14)4/h10-13H,5-9H2,1-4H3. The molecular weight excluding hydrogens is 172 g/mol. The van der Waals surface area contributed by atoms with Crippen LogP contribution in [-0.2, 0) is 0 Å². The van der Waals surface area contributed by atoms with Crippen molar-refractivity contribution in [3.8, 4) is 0 Å². The molecule has 1 rings (SSSR count). The first-order valence-electron chi connectivity index (χ1n) is 6.08. The predicted octanol–water partition coefficient (Wildman–Crippen LogP) is 2.10. The minimum Gasteiger partial charge on any atom is -0.313 e. The molecule has 0 aliphatic carbocycles. The average molecular weight is 198 g/mol. The van der Waals surface area contributed by atoms with Crippen molar-refractivity contribution in [3.05, 3.63) is 0 Å². The quantitative estimate of drug-likeness (QED) is 0.744. The molecule has 14 heavy (non-hydrogen) atoms. The van der Waals surface area contributed by atoms with Gasteiger partial charge in [0, 0.05) is 25.2 Å². The molecule has 1 heterocycles. The van der Waals surface area contributed by atoms with Crippen LogP contribution >= 0.6 is 0 Å². The Morgan fingerprint density at radius 2 is 2.07 bits per heavy atom. The van der Waals surface area contributed by atoms with Crippen LogP contribution in [0.2, 0.25) is 0 Å². The minimum absolute atomic E-state index is 0.618. The molecule has 2 heteroatoms. The molecule has 1 N–H and O–H groups in total. The van der Waals surface area contributed by atoms with E-state index in [-0.39, 0.29) is 0 Å². The molecule has 0 spiro atoms. The maximum atomic E-state index is 3.49. The van der Waals surface area contributed by atoms with Crippen molar-refractivity contribution in [1.82, 2.24) is 10.2 Å². The summed E-state index contributed by atoms with van der Waals surface area (Å²) in [6.07, 6.45) is 2.79. The van der Waals surface area contributed by atoms with Crippen LogP contribution in [0.4, 0.5) is 0 Å². The molecule has 1 aliphatic rings. The summed E-state index contributed by atoms with van der Waals surface area (Å²) in [5.41, 5.74) is 0. The fourth-order valence-corrected chi connectivity index (χ4v) is 2.23. The van der Waals surface area contributed by atoms with Crippen molar-refractivity contribution in [3.63, 3.8) is 0 Å². The lowest BCUT2D eigenvalue weighted by Gasteiger charge is -2.38. The molecular formula is C12H26N2. The van der Waals surface area contributed by atoms with E-state index in [1.54, 1.807) is 0 Å². The van der Waals surface area contributed by atoms with E-state index in [0.29, 0.717) is 6.04 Å². The van der Waals surface area contributed by atoms with Gasteiger partial charge >= 0.3 is 0 Å². The van der Waals surface area contributed by atoms with Gasteiger partial charge in [-0.1, -0.05) is 20.8 Å². The fraction of sp³-hybridized carbons (Fsp3) is 1.00. The Labute approximate surface area is 89.1 Å². The molecule has 2 atom stereocenters. The lowest BCUT2D eigenvalue weighted by molar-refractivity contribution is 0.114. The molecule has 1 aliphatic heterocycles. The van der Waals surface area contributed by atoms with Crippen molar-refractivity contribution < 1.29 is 0 Å². The van der Waals surface area contributed by atoms with Gasteiger partial charge in [-0.25, -0.2) is 0 Å². The second-order valence-electron chi connectivity index (χ2n) is 5.00. The number of hydrogen-bond donors (Lipinski definition) is 1. The van der Waals surface area contributed by atoms with Gasteiger partial charge in [0.15, 0.2) is 0 Å². The third-order valence-electron chi connectivity index (χ3n) is 3.46. The molecule has 2 unspecified atom stereocenters. The molecule has 0 aromatic carbocycles. The molecule has 0 saturated carbocycles. The molecule has 0 aromatic heterocycles. The summed E-state index contributed by atoms with van der Waals surface area (Å²) in [6.45, 7) is 12.8. The zero-order valence-electron chi connectivity index (χ0n) is 10.2. The Bertz CT molecular complexity index is 156. The summed E-state index contributed by atoms with van der Waals surface area (Å²) in [5.74, 6) is 0.878. The summed E-state index contributed by atoms with van der Waals surface area (Å²) >= 11 is 0. The molecule has 1 fully saturated rings. The fourth-order valence-electron chi connectivity index (χ4n) is 2.23. The van der Waals surface area contributed by atoms with Crippen LogP contribution in [-0.4, -0.2) is 36.6 Å². The summed E-state index contributed by atoms with van der Waals surface area (Å²) in [6, 6.07) is 1.39. The molecule has 2 nitrogen and oxygen atoms in total. The second-order valence-corrected chi connectivity index (χ2v) is 5.00. The molecule has 84 valence electrons. The second kappa shape index (κ2) is 5.72. The third kappa shape index (κ3) is 3.58. The minimum atomic E-state index is 0.618. The summed E-state index contributed by atoms with van der Waals surface area (Å²) in [4.78, 5) is 2.63. The maximum Gasteiger partial charge on any atom is 0.0110 e. The van der Waals surface area contributed by atoms with Gasteiger partial charge in [0.05, 0.1) is 0 Å². The van der Waals surface area contributed by atoms with Crippen LogP contribution in [0.25, 0.3) is 0 Å². The van der Waals surface area contributed by atoms with E-state index >= 15 is 0 Å². The number of hydrogen-bond acceptors (Lipinski definition) is 2. The van der Waals surface area contributed by atoms with Gasteiger partial charge in [0.2, 0.25) is 0 Å². The zero-order chi connectivity index (χ0) is 10.6. The van der Waals surface area contributed by atoms with Crippen LogP contribution in [0.15, 0.2) is 0 Å². The number of nitrogens with zero attached hydrogens (tertiary/aromatic N) is 1.